The van der Waals surface area contributed by atoms with Crippen molar-refractivity contribution in [3.05, 3.63) is 64.2 Å². The zero-order valence-corrected chi connectivity index (χ0v) is 17.6. The van der Waals surface area contributed by atoms with E-state index in [9.17, 15) is 8.42 Å². The van der Waals surface area contributed by atoms with Crippen molar-refractivity contribution in [2.24, 2.45) is 4.99 Å². The lowest BCUT2D eigenvalue weighted by molar-refractivity contribution is 0.601. The van der Waals surface area contributed by atoms with Crippen LogP contribution in [0, 0.1) is 13.8 Å². The Morgan fingerprint density at radius 1 is 1.19 bits per heavy atom. The van der Waals surface area contributed by atoms with Crippen molar-refractivity contribution in [1.82, 2.24) is 0 Å². The maximum Gasteiger partial charge on any atom is 0.164 e. The molecule has 7 heteroatoms. The van der Waals surface area contributed by atoms with Crippen LogP contribution in [0.25, 0.3) is 0 Å². The Bertz CT molecular complexity index is 1020. The van der Waals surface area contributed by atoms with E-state index in [1.807, 2.05) is 24.3 Å². The maximum atomic E-state index is 12.2. The fraction of sp³-hybridized carbons (Fsp3) is 0.350. The van der Waals surface area contributed by atoms with E-state index in [4.69, 9.17) is 16.6 Å². The van der Waals surface area contributed by atoms with E-state index in [2.05, 4.69) is 36.9 Å². The summed E-state index contributed by atoms with van der Waals surface area (Å²) in [5.74, 6) is 0.992. The lowest BCUT2D eigenvalue weighted by Crippen LogP contribution is -2.39. The number of amidine groups is 1. The lowest BCUT2D eigenvalue weighted by Gasteiger charge is -2.28. The van der Waals surface area contributed by atoms with Gasteiger partial charge in [0.2, 0.25) is 0 Å². The molecule has 0 N–H and O–H groups in total. The topological polar surface area (TPSA) is 49.7 Å². The lowest BCUT2D eigenvalue weighted by atomic mass is 10.1. The van der Waals surface area contributed by atoms with Crippen LogP contribution in [0.15, 0.2) is 47.5 Å². The van der Waals surface area contributed by atoms with Gasteiger partial charge in [-0.3, -0.25) is 4.99 Å². The van der Waals surface area contributed by atoms with Gasteiger partial charge in [0.15, 0.2) is 15.0 Å². The predicted octanol–water partition coefficient (Wildman–Crippen LogP) is 4.23. The molecule has 0 radical (unpaired) electrons. The van der Waals surface area contributed by atoms with E-state index >= 15 is 0 Å². The number of hydrogen-bond acceptors (Lipinski definition) is 5. The number of sulfone groups is 1. The molecule has 0 aromatic heterocycles. The Labute approximate surface area is 169 Å². The largest absolute Gasteiger partial charge is 0.315 e. The smallest absolute Gasteiger partial charge is 0.164 e. The molecule has 1 fully saturated rings. The van der Waals surface area contributed by atoms with Crippen molar-refractivity contribution in [3.8, 4) is 0 Å². The number of anilines is 1. The average molecular weight is 421 g/mol. The summed E-state index contributed by atoms with van der Waals surface area (Å²) in [5.41, 5.74) is 4.41. The molecule has 1 saturated heterocycles. The van der Waals surface area contributed by atoms with Crippen LogP contribution in [0.4, 0.5) is 5.69 Å². The third-order valence-electron chi connectivity index (χ3n) is 5.03. The van der Waals surface area contributed by atoms with Crippen molar-refractivity contribution >= 4 is 44.1 Å². The number of hydrogen-bond donors (Lipinski definition) is 0. The Morgan fingerprint density at radius 2 is 1.96 bits per heavy atom. The van der Waals surface area contributed by atoms with E-state index < -0.39 is 9.84 Å². The monoisotopic (exact) mass is 420 g/mol. The second-order valence-electron chi connectivity index (χ2n) is 7.16. The standard InChI is InChI=1S/C20H21ClN2O2S2/c1-13-7-8-18(14(2)9-13)23-19-12-27(24,25)11-17(19)22-20(23)26-10-15-5-3-4-6-16(15)21/h3-9,17,19H,10-12H2,1-2H3/t17-,19+/m1/s1. The Morgan fingerprint density at radius 3 is 2.70 bits per heavy atom. The highest BCUT2D eigenvalue weighted by atomic mass is 35.5. The highest BCUT2D eigenvalue weighted by Crippen LogP contribution is 2.37. The Kier molecular flexibility index (Phi) is 4.99. The molecule has 2 aliphatic heterocycles. The molecule has 0 unspecified atom stereocenters. The first-order valence-corrected chi connectivity index (χ1v) is 12.0. The van der Waals surface area contributed by atoms with Crippen molar-refractivity contribution in [2.75, 3.05) is 16.4 Å². The quantitative estimate of drug-likeness (QED) is 0.745. The summed E-state index contributed by atoms with van der Waals surface area (Å²) in [6.45, 7) is 4.13. The summed E-state index contributed by atoms with van der Waals surface area (Å²) in [6.07, 6.45) is 0. The van der Waals surface area contributed by atoms with Gasteiger partial charge in [-0.1, -0.05) is 59.3 Å². The number of rotatable bonds is 3. The Hall–Kier alpha value is -1.50. The van der Waals surface area contributed by atoms with Crippen molar-refractivity contribution in [1.29, 1.82) is 0 Å². The molecule has 0 spiro atoms. The normalized spacial score (nSPS) is 23.4. The molecule has 0 saturated carbocycles. The SMILES string of the molecule is Cc1ccc(N2C(SCc3ccccc3Cl)=N[C@@H]3CS(=O)(=O)C[C@@H]32)c(C)c1. The summed E-state index contributed by atoms with van der Waals surface area (Å²) in [5, 5.41) is 1.62. The molecule has 0 bridgehead atoms. The summed E-state index contributed by atoms with van der Waals surface area (Å²) in [6, 6.07) is 13.7. The van der Waals surface area contributed by atoms with Gasteiger partial charge < -0.3 is 4.90 Å². The molecule has 0 aliphatic carbocycles. The number of thioether (sulfide) groups is 1. The zero-order valence-electron chi connectivity index (χ0n) is 15.2. The van der Waals surface area contributed by atoms with Crippen LogP contribution in [-0.2, 0) is 15.6 Å². The minimum Gasteiger partial charge on any atom is -0.315 e. The van der Waals surface area contributed by atoms with Crippen LogP contribution in [0.2, 0.25) is 5.02 Å². The minimum absolute atomic E-state index is 0.120. The summed E-state index contributed by atoms with van der Waals surface area (Å²) in [7, 11) is -3.04. The maximum absolute atomic E-state index is 12.2. The molecule has 2 aromatic rings. The number of aliphatic imine (C=N–C) groups is 1. The first kappa shape index (κ1) is 18.8. The first-order chi connectivity index (χ1) is 12.8. The van der Waals surface area contributed by atoms with E-state index in [0.29, 0.717) is 5.75 Å². The number of fused-ring (bicyclic) bond motifs is 1. The molecule has 2 atom stereocenters. The second-order valence-corrected chi connectivity index (χ2v) is 10.7. The zero-order chi connectivity index (χ0) is 19.2. The van der Waals surface area contributed by atoms with Gasteiger partial charge in [0.05, 0.1) is 23.6 Å². The molecule has 142 valence electrons. The molecule has 4 rings (SSSR count). The second kappa shape index (κ2) is 7.15. The molecule has 0 amide bonds. The van der Waals surface area contributed by atoms with Gasteiger partial charge >= 0.3 is 0 Å². The summed E-state index contributed by atoms with van der Waals surface area (Å²) < 4.78 is 24.3. The highest BCUT2D eigenvalue weighted by molar-refractivity contribution is 8.13. The third kappa shape index (κ3) is 3.75. The van der Waals surface area contributed by atoms with Crippen LogP contribution in [0.5, 0.6) is 0 Å². The average Bonchev–Trinajstić information content (AvgIpc) is 3.06. The third-order valence-corrected chi connectivity index (χ3v) is 8.12. The summed E-state index contributed by atoms with van der Waals surface area (Å²) >= 11 is 7.91. The first-order valence-electron chi connectivity index (χ1n) is 8.85. The van der Waals surface area contributed by atoms with Crippen LogP contribution in [0.3, 0.4) is 0 Å². The molecule has 2 aromatic carbocycles. The van der Waals surface area contributed by atoms with Crippen LogP contribution < -0.4 is 4.90 Å². The van der Waals surface area contributed by atoms with Gasteiger partial charge in [0.25, 0.3) is 0 Å². The van der Waals surface area contributed by atoms with Crippen LogP contribution in [0.1, 0.15) is 16.7 Å². The predicted molar refractivity (Wildman–Crippen MR) is 115 cm³/mol. The number of benzene rings is 2. The number of aryl methyl sites for hydroxylation is 2. The van der Waals surface area contributed by atoms with Crippen LogP contribution in [-0.4, -0.2) is 37.2 Å². The highest BCUT2D eigenvalue weighted by Gasteiger charge is 2.47. The van der Waals surface area contributed by atoms with Gasteiger partial charge in [-0.15, -0.1) is 0 Å². The molecule has 4 nitrogen and oxygen atoms in total. The molecular weight excluding hydrogens is 400 g/mol. The van der Waals surface area contributed by atoms with Gasteiger partial charge in [-0.05, 0) is 37.1 Å². The molecule has 2 aliphatic rings. The number of nitrogens with zero attached hydrogens (tertiary/aromatic N) is 2. The van der Waals surface area contributed by atoms with E-state index in [0.717, 1.165) is 27.0 Å². The number of halogens is 1. The van der Waals surface area contributed by atoms with Crippen LogP contribution >= 0.6 is 23.4 Å². The molecule has 27 heavy (non-hydrogen) atoms. The minimum atomic E-state index is -3.04. The van der Waals surface area contributed by atoms with E-state index in [1.54, 1.807) is 11.8 Å². The van der Waals surface area contributed by atoms with Gasteiger partial charge in [0.1, 0.15) is 0 Å². The van der Waals surface area contributed by atoms with Crippen molar-refractivity contribution < 1.29 is 8.42 Å². The van der Waals surface area contributed by atoms with Gasteiger partial charge in [-0.25, -0.2) is 8.42 Å². The Balaban J connectivity index is 1.66. The fourth-order valence-corrected chi connectivity index (χ4v) is 6.99. The van der Waals surface area contributed by atoms with E-state index in [1.165, 1.54) is 5.56 Å². The molecule has 2 heterocycles. The molecular formula is C20H21ClN2O2S2. The van der Waals surface area contributed by atoms with Gasteiger partial charge in [0, 0.05) is 16.5 Å². The van der Waals surface area contributed by atoms with Crippen molar-refractivity contribution in [2.45, 2.75) is 31.7 Å². The summed E-state index contributed by atoms with van der Waals surface area (Å²) in [4.78, 5) is 6.93. The van der Waals surface area contributed by atoms with Crippen molar-refractivity contribution in [3.63, 3.8) is 0 Å². The fourth-order valence-electron chi connectivity index (χ4n) is 3.75. The van der Waals surface area contributed by atoms with E-state index in [-0.39, 0.29) is 23.6 Å². The van der Waals surface area contributed by atoms with Gasteiger partial charge in [-0.2, -0.15) is 0 Å².